The maximum Gasteiger partial charge on any atom is 0.319 e. The number of hydrogen-bond donors (Lipinski definition) is 2. The highest BCUT2D eigenvalue weighted by molar-refractivity contribution is 6.02. The lowest BCUT2D eigenvalue weighted by Crippen LogP contribution is -2.44. The quantitative estimate of drug-likeness (QED) is 0.182. The molecule has 7 rings (SSSR count). The number of carbonyl (C=O) groups excluding carboxylic acids is 1. The average molecular weight is 713 g/mol. The number of halogens is 2. The minimum Gasteiger partial charge on any atom is -0.463 e. The second kappa shape index (κ2) is 14.4. The van der Waals surface area contributed by atoms with E-state index in [-0.39, 0.29) is 51.7 Å². The highest BCUT2D eigenvalue weighted by Gasteiger charge is 2.45. The Hall–Kier alpha value is -4.74. The molecule has 1 saturated carbocycles. The lowest BCUT2D eigenvalue weighted by Gasteiger charge is -2.30. The highest BCUT2D eigenvalue weighted by Crippen LogP contribution is 2.47. The third-order valence-corrected chi connectivity index (χ3v) is 10.0. The van der Waals surface area contributed by atoms with E-state index in [2.05, 4.69) is 32.7 Å². The van der Waals surface area contributed by atoms with Crippen LogP contribution in [0.3, 0.4) is 0 Å². The predicted molar refractivity (Wildman–Crippen MR) is 193 cm³/mol. The van der Waals surface area contributed by atoms with Gasteiger partial charge in [-0.1, -0.05) is 18.6 Å². The lowest BCUT2D eigenvalue weighted by atomic mass is 9.89. The summed E-state index contributed by atoms with van der Waals surface area (Å²) in [6, 6.07) is 5.68. The molecule has 3 fully saturated rings. The molecule has 11 nitrogen and oxygen atoms in total. The zero-order valence-electron chi connectivity index (χ0n) is 29.4. The molecule has 1 atom stereocenters. The number of nitrogens with one attached hydrogen (secondary N) is 1. The van der Waals surface area contributed by atoms with Crippen LogP contribution >= 0.6 is 0 Å². The number of fused-ring (bicyclic) bond motifs is 2. The molecule has 52 heavy (non-hydrogen) atoms. The fraction of sp³-hybridized carbons (Fsp3) is 0.436. The number of benzene rings is 2. The normalized spacial score (nSPS) is 19.2. The number of amides is 1. The Morgan fingerprint density at radius 2 is 1.96 bits per heavy atom. The van der Waals surface area contributed by atoms with Crippen LogP contribution in [-0.2, 0) is 19.9 Å². The van der Waals surface area contributed by atoms with Gasteiger partial charge in [-0.2, -0.15) is 9.97 Å². The van der Waals surface area contributed by atoms with E-state index in [4.69, 9.17) is 25.6 Å². The van der Waals surface area contributed by atoms with Gasteiger partial charge in [0.2, 0.25) is 5.91 Å². The van der Waals surface area contributed by atoms with Crippen LogP contribution in [-0.4, -0.2) is 103 Å². The van der Waals surface area contributed by atoms with Crippen molar-refractivity contribution in [2.45, 2.75) is 38.3 Å². The topological polar surface area (TPSA) is 122 Å². The summed E-state index contributed by atoms with van der Waals surface area (Å²) in [5, 5.41) is 15.0. The van der Waals surface area contributed by atoms with Crippen LogP contribution in [0.15, 0.2) is 43.1 Å². The van der Waals surface area contributed by atoms with Crippen LogP contribution < -0.4 is 15.0 Å². The number of anilines is 1. The summed E-state index contributed by atoms with van der Waals surface area (Å²) in [5.41, 5.74) is -0.935. The number of terminal acetylenes is 1. The van der Waals surface area contributed by atoms with E-state index < -0.39 is 23.3 Å². The molecule has 13 heteroatoms. The Balaban J connectivity index is 1.35. The Morgan fingerprint density at radius 1 is 1.19 bits per heavy atom. The van der Waals surface area contributed by atoms with E-state index in [9.17, 15) is 9.90 Å². The molecular weight excluding hydrogens is 670 g/mol. The van der Waals surface area contributed by atoms with Gasteiger partial charge in [-0.25, -0.2) is 8.78 Å². The number of ether oxygens (including phenoxy) is 3. The minimum atomic E-state index is -1.32. The number of aromatic nitrogens is 3. The van der Waals surface area contributed by atoms with E-state index in [0.29, 0.717) is 61.7 Å². The van der Waals surface area contributed by atoms with Crippen LogP contribution in [0.5, 0.6) is 6.01 Å². The molecule has 1 amide bonds. The zero-order chi connectivity index (χ0) is 36.6. The molecule has 0 spiro atoms. The third-order valence-electron chi connectivity index (χ3n) is 10.0. The average Bonchev–Trinajstić information content (AvgIpc) is 3.94. The lowest BCUT2D eigenvalue weighted by molar-refractivity contribution is -0.117. The molecule has 0 radical (unpaired) electrons. The van der Waals surface area contributed by atoms with Gasteiger partial charge in [0.05, 0.1) is 55.6 Å². The molecule has 2 aromatic carbocycles. The second-order valence-electron chi connectivity index (χ2n) is 14.4. The second-order valence-corrected chi connectivity index (χ2v) is 14.4. The van der Waals surface area contributed by atoms with E-state index in [1.54, 1.807) is 32.0 Å². The Kier molecular flexibility index (Phi) is 9.84. The number of morpholine rings is 1. The van der Waals surface area contributed by atoms with Crippen LogP contribution in [0, 0.1) is 29.4 Å². The first-order valence-corrected chi connectivity index (χ1v) is 17.5. The zero-order valence-corrected chi connectivity index (χ0v) is 29.4. The van der Waals surface area contributed by atoms with Crippen molar-refractivity contribution in [2.24, 2.45) is 5.41 Å². The number of hydrogen-bond acceptors (Lipinski definition) is 10. The summed E-state index contributed by atoms with van der Waals surface area (Å²) < 4.78 is 50.0. The van der Waals surface area contributed by atoms with E-state index in [0.717, 1.165) is 32.5 Å². The smallest absolute Gasteiger partial charge is 0.319 e. The summed E-state index contributed by atoms with van der Waals surface area (Å²) in [6.07, 6.45) is 10.4. The molecule has 2 saturated heterocycles. The van der Waals surface area contributed by atoms with Gasteiger partial charge in [0.1, 0.15) is 22.8 Å². The molecule has 2 aliphatic heterocycles. The van der Waals surface area contributed by atoms with Crippen LogP contribution in [0.1, 0.15) is 37.8 Å². The van der Waals surface area contributed by atoms with Crippen LogP contribution in [0.25, 0.3) is 32.9 Å². The summed E-state index contributed by atoms with van der Waals surface area (Å²) in [5.74, 6) is 1.02. The van der Waals surface area contributed by atoms with Crippen molar-refractivity contribution in [3.8, 4) is 29.6 Å². The molecule has 272 valence electrons. The molecule has 3 aliphatic rings. The molecule has 4 heterocycles. The first-order chi connectivity index (χ1) is 25.0. The highest BCUT2D eigenvalue weighted by atomic mass is 19.1. The van der Waals surface area contributed by atoms with Crippen LogP contribution in [0.4, 0.5) is 14.6 Å². The van der Waals surface area contributed by atoms with E-state index in [1.807, 2.05) is 4.90 Å². The van der Waals surface area contributed by atoms with Crippen molar-refractivity contribution in [3.63, 3.8) is 0 Å². The van der Waals surface area contributed by atoms with Crippen molar-refractivity contribution in [1.82, 2.24) is 25.2 Å². The van der Waals surface area contributed by atoms with Gasteiger partial charge < -0.3 is 29.5 Å². The SMILES string of the molecule is C#Cc1c(F)ccc2cc(C(C)(C)O)cc(-c3ncc4c(N5CCOC[C@@H](NC(=O)C=C)C5)nc(OCC5(CN6CCOCC6)CC5)nc4c3F)c12. The largest absolute Gasteiger partial charge is 0.463 e. The minimum absolute atomic E-state index is 0.00546. The molecule has 1 aliphatic carbocycles. The molecule has 2 aromatic heterocycles. The van der Waals surface area contributed by atoms with Gasteiger partial charge >= 0.3 is 6.01 Å². The maximum atomic E-state index is 17.2. The first-order valence-electron chi connectivity index (χ1n) is 17.5. The van der Waals surface area contributed by atoms with Gasteiger partial charge in [-0.15, -0.1) is 6.42 Å². The molecule has 4 aromatic rings. The van der Waals surface area contributed by atoms with Crippen molar-refractivity contribution in [1.29, 1.82) is 0 Å². The summed E-state index contributed by atoms with van der Waals surface area (Å²) in [4.78, 5) is 30.5. The number of aliphatic hydroxyl groups is 1. The standard InChI is InChI=1S/C39H42F2N6O5/c1-5-27-30(40)8-7-24-17-25(38(3,4)49)18-28(32(24)27)34-33(41)35-29(19-42-34)36(47-13-16-51-21-26(20-47)43-31(48)6-2)45-37(44-35)52-23-39(9-10-39)22-46-11-14-50-15-12-46/h1,6-8,17-19,26,49H,2,9-16,20-23H2,3-4H3,(H,43,48)/t26-/m0/s1. The molecule has 2 N–H and O–H groups in total. The Labute approximate surface area is 301 Å². The molecule has 0 unspecified atom stereocenters. The van der Waals surface area contributed by atoms with Gasteiger partial charge in [-0.3, -0.25) is 14.7 Å². The van der Waals surface area contributed by atoms with E-state index >= 15 is 8.78 Å². The summed E-state index contributed by atoms with van der Waals surface area (Å²) >= 11 is 0. The van der Waals surface area contributed by atoms with Gasteiger partial charge in [0, 0.05) is 55.3 Å². The maximum absolute atomic E-state index is 17.2. The number of pyridine rings is 1. The van der Waals surface area contributed by atoms with Crippen LogP contribution in [0.2, 0.25) is 0 Å². The van der Waals surface area contributed by atoms with Gasteiger partial charge in [0.15, 0.2) is 5.82 Å². The predicted octanol–water partition coefficient (Wildman–Crippen LogP) is 4.33. The fourth-order valence-corrected chi connectivity index (χ4v) is 6.96. The van der Waals surface area contributed by atoms with Crippen molar-refractivity contribution in [2.75, 3.05) is 70.7 Å². The summed E-state index contributed by atoms with van der Waals surface area (Å²) in [6.45, 7) is 12.4. The Bertz CT molecular complexity index is 2070. The molecular formula is C39H42F2N6O5. The van der Waals surface area contributed by atoms with Crippen molar-refractivity contribution < 1.29 is 32.9 Å². The van der Waals surface area contributed by atoms with Gasteiger partial charge in [0.25, 0.3) is 0 Å². The monoisotopic (exact) mass is 712 g/mol. The van der Waals surface area contributed by atoms with E-state index in [1.165, 1.54) is 18.3 Å². The summed E-state index contributed by atoms with van der Waals surface area (Å²) in [7, 11) is 0. The Morgan fingerprint density at radius 3 is 2.67 bits per heavy atom. The third kappa shape index (κ3) is 7.29. The fourth-order valence-electron chi connectivity index (χ4n) is 6.96. The number of nitrogens with zero attached hydrogens (tertiary/aromatic N) is 5. The van der Waals surface area contributed by atoms with Crippen molar-refractivity contribution >= 4 is 33.4 Å². The first kappa shape index (κ1) is 35.7. The van der Waals surface area contributed by atoms with Gasteiger partial charge in [-0.05, 0) is 61.9 Å². The number of carbonyl (C=O) groups is 1. The molecule has 0 bridgehead atoms. The van der Waals surface area contributed by atoms with Crippen molar-refractivity contribution in [3.05, 3.63) is 65.9 Å². The number of rotatable bonds is 10.